The minimum Gasteiger partial charge on any atom is -0.356 e. The van der Waals surface area contributed by atoms with Crippen LogP contribution < -0.4 is 5.32 Å². The number of rotatable bonds is 10. The molecule has 4 rings (SSSR count). The maximum absolute atomic E-state index is 4.01. The summed E-state index contributed by atoms with van der Waals surface area (Å²) in [4.78, 5) is 0. The summed E-state index contributed by atoms with van der Waals surface area (Å²) in [6.45, 7) is 12.5. The summed E-state index contributed by atoms with van der Waals surface area (Å²) in [6.07, 6.45) is 8.38. The monoisotopic (exact) mass is 469 g/mol. The highest BCUT2D eigenvalue weighted by Crippen LogP contribution is 2.33. The maximum atomic E-state index is 4.01. The van der Waals surface area contributed by atoms with Crippen molar-refractivity contribution in [3.8, 4) is 11.1 Å². The second kappa shape index (κ2) is 12.0. The smallest absolute Gasteiger partial charge is 0.0387 e. The van der Waals surface area contributed by atoms with Gasteiger partial charge in [0.25, 0.3) is 0 Å². The van der Waals surface area contributed by atoms with E-state index in [0.717, 1.165) is 16.9 Å². The van der Waals surface area contributed by atoms with Crippen molar-refractivity contribution in [2.75, 3.05) is 5.32 Å². The molecule has 36 heavy (non-hydrogen) atoms. The van der Waals surface area contributed by atoms with Crippen LogP contribution in [0.4, 0.5) is 11.4 Å². The van der Waals surface area contributed by atoms with Gasteiger partial charge in [-0.25, -0.2) is 0 Å². The van der Waals surface area contributed by atoms with Crippen LogP contribution in [0.3, 0.4) is 0 Å². The average molecular weight is 470 g/mol. The lowest BCUT2D eigenvalue weighted by Gasteiger charge is -2.19. The lowest BCUT2D eigenvalue weighted by atomic mass is 9.85. The Labute approximate surface area is 216 Å². The van der Waals surface area contributed by atoms with Crippen molar-refractivity contribution in [3.05, 3.63) is 151 Å². The molecule has 0 fully saturated rings. The highest BCUT2D eigenvalue weighted by Gasteiger charge is 2.15. The van der Waals surface area contributed by atoms with E-state index < -0.39 is 0 Å². The predicted octanol–water partition coefficient (Wildman–Crippen LogP) is 10.0. The molecule has 0 saturated heterocycles. The zero-order valence-electron chi connectivity index (χ0n) is 21.3. The average Bonchev–Trinajstić information content (AvgIpc) is 2.93. The van der Waals surface area contributed by atoms with E-state index >= 15 is 0 Å². The molecule has 0 saturated carbocycles. The van der Waals surface area contributed by atoms with E-state index in [2.05, 4.69) is 142 Å². The Bertz CT molecular complexity index is 1290. The molecule has 0 amide bonds. The Morgan fingerprint density at radius 3 is 1.92 bits per heavy atom. The number of allylic oxidation sites excluding steroid dienone is 3. The summed E-state index contributed by atoms with van der Waals surface area (Å²) in [6, 6.07) is 36.4. The van der Waals surface area contributed by atoms with Crippen LogP contribution in [0.25, 0.3) is 17.2 Å². The fourth-order valence-corrected chi connectivity index (χ4v) is 4.58. The highest BCUT2D eigenvalue weighted by molar-refractivity contribution is 5.73. The van der Waals surface area contributed by atoms with Gasteiger partial charge in [-0.3, -0.25) is 0 Å². The largest absolute Gasteiger partial charge is 0.356 e. The molecule has 1 N–H and O–H groups in total. The molecule has 0 bridgehead atoms. The van der Waals surface area contributed by atoms with Crippen molar-refractivity contribution < 1.29 is 0 Å². The van der Waals surface area contributed by atoms with Gasteiger partial charge >= 0.3 is 0 Å². The molecule has 4 aromatic rings. The van der Waals surface area contributed by atoms with Gasteiger partial charge in [0.15, 0.2) is 0 Å². The third-order valence-electron chi connectivity index (χ3n) is 6.60. The van der Waals surface area contributed by atoms with E-state index in [1.807, 2.05) is 18.2 Å². The minimum absolute atomic E-state index is 0.179. The Morgan fingerprint density at radius 1 is 0.694 bits per heavy atom. The summed E-state index contributed by atoms with van der Waals surface area (Å²) in [5, 5.41) is 3.58. The van der Waals surface area contributed by atoms with E-state index in [-0.39, 0.29) is 11.8 Å². The SMILES string of the molecule is C=CC(C=C)C(/C=C/c1ccc(Nc2ccc(-c3ccccc3)c(C(C)C)c2)cc1)c1ccccc1. The maximum Gasteiger partial charge on any atom is 0.0387 e. The molecule has 1 atom stereocenters. The van der Waals surface area contributed by atoms with Crippen molar-refractivity contribution in [2.45, 2.75) is 25.7 Å². The van der Waals surface area contributed by atoms with Crippen molar-refractivity contribution in [2.24, 2.45) is 5.92 Å². The van der Waals surface area contributed by atoms with E-state index in [1.165, 1.54) is 22.3 Å². The molecule has 0 aliphatic carbocycles. The van der Waals surface area contributed by atoms with Gasteiger partial charge < -0.3 is 5.32 Å². The molecule has 0 spiro atoms. The molecule has 180 valence electrons. The quantitative estimate of drug-likeness (QED) is 0.228. The molecular weight excluding hydrogens is 434 g/mol. The first kappa shape index (κ1) is 25.0. The molecule has 1 unspecified atom stereocenters. The standard InChI is InChI=1S/C35H35N/c1-5-28(6-2)33(29-13-9-7-10-14-29)23-19-27-17-20-31(21-18-27)36-32-22-24-34(35(25-32)26(3)4)30-15-11-8-12-16-30/h5-26,28,33,36H,1-2H2,3-4H3/b23-19+. The lowest BCUT2D eigenvalue weighted by Crippen LogP contribution is -2.05. The zero-order valence-corrected chi connectivity index (χ0v) is 21.3. The Morgan fingerprint density at radius 2 is 1.31 bits per heavy atom. The molecule has 1 heteroatoms. The van der Waals surface area contributed by atoms with Crippen LogP contribution in [0.15, 0.2) is 135 Å². The summed E-state index contributed by atoms with van der Waals surface area (Å²) >= 11 is 0. The summed E-state index contributed by atoms with van der Waals surface area (Å²) in [5.41, 5.74) is 8.49. The van der Waals surface area contributed by atoms with Gasteiger partial charge in [-0.05, 0) is 58.0 Å². The lowest BCUT2D eigenvalue weighted by molar-refractivity contribution is 0.713. The minimum atomic E-state index is 0.179. The first-order valence-electron chi connectivity index (χ1n) is 12.6. The van der Waals surface area contributed by atoms with Crippen LogP contribution in [0.1, 0.15) is 42.4 Å². The van der Waals surface area contributed by atoms with E-state index in [4.69, 9.17) is 0 Å². The number of nitrogens with one attached hydrogen (secondary N) is 1. The first-order valence-corrected chi connectivity index (χ1v) is 12.6. The van der Waals surface area contributed by atoms with Crippen LogP contribution in [-0.2, 0) is 0 Å². The second-order valence-corrected chi connectivity index (χ2v) is 9.41. The van der Waals surface area contributed by atoms with Crippen molar-refractivity contribution in [1.82, 2.24) is 0 Å². The molecule has 0 aliphatic rings. The number of benzene rings is 4. The van der Waals surface area contributed by atoms with Crippen LogP contribution in [0.2, 0.25) is 0 Å². The number of hydrogen-bond donors (Lipinski definition) is 1. The molecule has 0 aromatic heterocycles. The van der Waals surface area contributed by atoms with Gasteiger partial charge in [0.1, 0.15) is 0 Å². The fraction of sp³-hybridized carbons (Fsp3) is 0.143. The summed E-state index contributed by atoms with van der Waals surface area (Å²) in [5.74, 6) is 0.817. The van der Waals surface area contributed by atoms with Crippen LogP contribution in [0.5, 0.6) is 0 Å². The van der Waals surface area contributed by atoms with Crippen LogP contribution in [-0.4, -0.2) is 0 Å². The van der Waals surface area contributed by atoms with Gasteiger partial charge in [-0.1, -0.05) is 117 Å². The van der Waals surface area contributed by atoms with Crippen molar-refractivity contribution in [3.63, 3.8) is 0 Å². The molecule has 1 nitrogen and oxygen atoms in total. The third-order valence-corrected chi connectivity index (χ3v) is 6.60. The normalized spacial score (nSPS) is 12.1. The molecule has 0 aliphatic heterocycles. The molecular formula is C35H35N. The van der Waals surface area contributed by atoms with E-state index in [9.17, 15) is 0 Å². The highest BCUT2D eigenvalue weighted by atomic mass is 14.9. The molecule has 4 aromatic carbocycles. The second-order valence-electron chi connectivity index (χ2n) is 9.41. The first-order chi connectivity index (χ1) is 17.6. The van der Waals surface area contributed by atoms with Crippen LogP contribution >= 0.6 is 0 Å². The molecule has 0 heterocycles. The van der Waals surface area contributed by atoms with Gasteiger partial charge in [0.2, 0.25) is 0 Å². The number of hydrogen-bond acceptors (Lipinski definition) is 1. The molecule has 0 radical (unpaired) electrons. The fourth-order valence-electron chi connectivity index (χ4n) is 4.58. The summed E-state index contributed by atoms with van der Waals surface area (Å²) < 4.78 is 0. The zero-order chi connectivity index (χ0) is 25.3. The van der Waals surface area contributed by atoms with E-state index in [0.29, 0.717) is 5.92 Å². The van der Waals surface area contributed by atoms with E-state index in [1.54, 1.807) is 0 Å². The van der Waals surface area contributed by atoms with Gasteiger partial charge in [-0.2, -0.15) is 0 Å². The Kier molecular flexibility index (Phi) is 8.36. The van der Waals surface area contributed by atoms with Gasteiger partial charge in [0.05, 0.1) is 0 Å². The topological polar surface area (TPSA) is 12.0 Å². The van der Waals surface area contributed by atoms with Crippen LogP contribution in [0, 0.1) is 5.92 Å². The van der Waals surface area contributed by atoms with Crippen molar-refractivity contribution >= 4 is 17.5 Å². The Hall–Kier alpha value is -4.10. The van der Waals surface area contributed by atoms with Gasteiger partial charge in [0, 0.05) is 23.2 Å². The predicted molar refractivity (Wildman–Crippen MR) is 158 cm³/mol. The summed E-state index contributed by atoms with van der Waals surface area (Å²) in [7, 11) is 0. The number of anilines is 2. The third kappa shape index (κ3) is 6.12. The Balaban J connectivity index is 1.51. The van der Waals surface area contributed by atoms with Gasteiger partial charge in [-0.15, -0.1) is 13.2 Å². The van der Waals surface area contributed by atoms with Crippen molar-refractivity contribution in [1.29, 1.82) is 0 Å².